The summed E-state index contributed by atoms with van der Waals surface area (Å²) in [6, 6.07) is 10.2. The second-order valence-corrected chi connectivity index (χ2v) is 3.76. The molecule has 0 N–H and O–H groups in total. The number of hydrogen-bond donors (Lipinski definition) is 0. The van der Waals surface area contributed by atoms with Gasteiger partial charge in [0, 0.05) is 11.8 Å². The van der Waals surface area contributed by atoms with Crippen molar-refractivity contribution in [3.05, 3.63) is 35.9 Å². The average molecular weight is 174 g/mol. The lowest BCUT2D eigenvalue weighted by molar-refractivity contribution is -0.141. The molecular weight excluding hydrogens is 164 g/mol. The Kier molecular flexibility index (Phi) is 1.29. The summed E-state index contributed by atoms with van der Waals surface area (Å²) >= 11 is 0. The maximum Gasteiger partial charge on any atom is 0.310 e. The van der Waals surface area contributed by atoms with E-state index < -0.39 is 0 Å². The van der Waals surface area contributed by atoms with Gasteiger partial charge in [-0.1, -0.05) is 30.3 Å². The monoisotopic (exact) mass is 174 g/mol. The van der Waals surface area contributed by atoms with Crippen LogP contribution in [0, 0.1) is 11.8 Å². The van der Waals surface area contributed by atoms with Gasteiger partial charge in [-0.3, -0.25) is 4.79 Å². The van der Waals surface area contributed by atoms with Gasteiger partial charge in [0.25, 0.3) is 0 Å². The normalized spacial score (nSPS) is 35.4. The molecule has 1 aliphatic carbocycles. The molecule has 13 heavy (non-hydrogen) atoms. The fourth-order valence-corrected chi connectivity index (χ4v) is 2.31. The lowest BCUT2D eigenvalue weighted by atomic mass is 10.1. The quantitative estimate of drug-likeness (QED) is 0.604. The van der Waals surface area contributed by atoms with E-state index in [-0.39, 0.29) is 11.9 Å². The molecule has 3 rings (SSSR count). The highest BCUT2D eigenvalue weighted by Crippen LogP contribution is 2.57. The largest absolute Gasteiger partial charge is 0.465 e. The van der Waals surface area contributed by atoms with Crippen LogP contribution in [0.5, 0.6) is 0 Å². The van der Waals surface area contributed by atoms with Crippen molar-refractivity contribution >= 4 is 5.97 Å². The number of cyclic esters (lactones) is 1. The van der Waals surface area contributed by atoms with Gasteiger partial charge >= 0.3 is 5.97 Å². The Hall–Kier alpha value is -1.31. The maximum absolute atomic E-state index is 11.2. The second kappa shape index (κ2) is 2.34. The van der Waals surface area contributed by atoms with Crippen LogP contribution in [0.2, 0.25) is 0 Å². The van der Waals surface area contributed by atoms with E-state index in [1.54, 1.807) is 0 Å². The summed E-state index contributed by atoms with van der Waals surface area (Å²) in [5, 5.41) is 0. The first-order chi connectivity index (χ1) is 6.38. The Morgan fingerprint density at radius 2 is 1.92 bits per heavy atom. The number of carbonyl (C=O) groups is 1. The predicted octanol–water partition coefficient (Wildman–Crippen LogP) is 1.57. The first-order valence-electron chi connectivity index (χ1n) is 4.59. The Morgan fingerprint density at radius 3 is 2.54 bits per heavy atom. The molecule has 0 bridgehead atoms. The molecule has 1 aromatic rings. The minimum Gasteiger partial charge on any atom is -0.465 e. The van der Waals surface area contributed by atoms with Gasteiger partial charge in [0.2, 0.25) is 0 Å². The van der Waals surface area contributed by atoms with E-state index in [0.717, 1.165) is 0 Å². The molecule has 66 valence electrons. The molecular formula is C11H10O2. The van der Waals surface area contributed by atoms with Gasteiger partial charge in [0.15, 0.2) is 0 Å². The number of esters is 1. The van der Waals surface area contributed by atoms with Gasteiger partial charge in [-0.05, 0) is 5.56 Å². The SMILES string of the molecule is O=C1OC[C@@H]2[C@H]1[C@H]2c1ccccc1. The van der Waals surface area contributed by atoms with E-state index in [2.05, 4.69) is 12.1 Å². The minimum atomic E-state index is -0.00106. The zero-order chi connectivity index (χ0) is 8.84. The molecule has 3 atom stereocenters. The Morgan fingerprint density at radius 1 is 1.15 bits per heavy atom. The van der Waals surface area contributed by atoms with Crippen LogP contribution in [0.25, 0.3) is 0 Å². The van der Waals surface area contributed by atoms with Crippen LogP contribution in [-0.2, 0) is 9.53 Å². The van der Waals surface area contributed by atoms with Crippen molar-refractivity contribution in [2.45, 2.75) is 5.92 Å². The van der Waals surface area contributed by atoms with Crippen molar-refractivity contribution in [2.24, 2.45) is 11.8 Å². The van der Waals surface area contributed by atoms with E-state index in [1.165, 1.54) is 5.56 Å². The number of carbonyl (C=O) groups excluding carboxylic acids is 1. The van der Waals surface area contributed by atoms with Crippen LogP contribution < -0.4 is 0 Å². The molecule has 0 spiro atoms. The summed E-state index contributed by atoms with van der Waals surface area (Å²) in [7, 11) is 0. The summed E-state index contributed by atoms with van der Waals surface area (Å²) in [6.45, 7) is 0.628. The van der Waals surface area contributed by atoms with Crippen molar-refractivity contribution in [3.8, 4) is 0 Å². The third-order valence-electron chi connectivity index (χ3n) is 3.04. The molecule has 1 heterocycles. The maximum atomic E-state index is 11.2. The van der Waals surface area contributed by atoms with Crippen molar-refractivity contribution in [3.63, 3.8) is 0 Å². The third kappa shape index (κ3) is 0.916. The topological polar surface area (TPSA) is 26.3 Å². The average Bonchev–Trinajstić information content (AvgIpc) is 2.80. The molecule has 1 saturated heterocycles. The zero-order valence-electron chi connectivity index (χ0n) is 7.14. The summed E-state index contributed by atoms with van der Waals surface area (Å²) in [5.74, 6) is 1.08. The number of hydrogen-bond acceptors (Lipinski definition) is 2. The predicted molar refractivity (Wildman–Crippen MR) is 47.1 cm³/mol. The van der Waals surface area contributed by atoms with Crippen molar-refractivity contribution in [1.82, 2.24) is 0 Å². The molecule has 0 radical (unpaired) electrons. The van der Waals surface area contributed by atoms with Crippen LogP contribution in [0.15, 0.2) is 30.3 Å². The molecule has 0 unspecified atom stereocenters. The lowest BCUT2D eigenvalue weighted by Crippen LogP contribution is -2.03. The summed E-state index contributed by atoms with van der Waals surface area (Å²) < 4.78 is 4.93. The van der Waals surface area contributed by atoms with E-state index >= 15 is 0 Å². The highest BCUT2D eigenvalue weighted by Gasteiger charge is 2.60. The van der Waals surface area contributed by atoms with Gasteiger partial charge < -0.3 is 4.74 Å². The van der Waals surface area contributed by atoms with E-state index in [9.17, 15) is 4.79 Å². The first kappa shape index (κ1) is 7.13. The van der Waals surface area contributed by atoms with Crippen LogP contribution in [0.1, 0.15) is 11.5 Å². The number of rotatable bonds is 1. The van der Waals surface area contributed by atoms with Crippen LogP contribution in [-0.4, -0.2) is 12.6 Å². The highest BCUT2D eigenvalue weighted by molar-refractivity contribution is 5.80. The summed E-state index contributed by atoms with van der Waals surface area (Å²) in [6.07, 6.45) is 0. The fourth-order valence-electron chi connectivity index (χ4n) is 2.31. The van der Waals surface area contributed by atoms with Gasteiger partial charge in [-0.15, -0.1) is 0 Å². The van der Waals surface area contributed by atoms with Gasteiger partial charge in [-0.25, -0.2) is 0 Å². The van der Waals surface area contributed by atoms with E-state index in [1.807, 2.05) is 18.2 Å². The number of ether oxygens (including phenoxy) is 1. The van der Waals surface area contributed by atoms with Crippen LogP contribution in [0.4, 0.5) is 0 Å². The molecule has 0 aromatic heterocycles. The number of benzene rings is 1. The van der Waals surface area contributed by atoms with Crippen molar-refractivity contribution < 1.29 is 9.53 Å². The lowest BCUT2D eigenvalue weighted by Gasteiger charge is -2.03. The Bertz CT molecular complexity index is 344. The number of fused-ring (bicyclic) bond motifs is 1. The van der Waals surface area contributed by atoms with E-state index in [0.29, 0.717) is 18.4 Å². The molecule has 0 amide bonds. The standard InChI is InChI=1S/C11H10O2/c12-11-10-8(6-13-11)9(10)7-4-2-1-3-5-7/h1-5,8-10H,6H2/t8-,9-,10-/m0/s1. The van der Waals surface area contributed by atoms with Crippen molar-refractivity contribution in [1.29, 1.82) is 0 Å². The highest BCUT2D eigenvalue weighted by atomic mass is 16.5. The summed E-state index contributed by atoms with van der Waals surface area (Å²) in [4.78, 5) is 11.2. The molecule has 1 aliphatic heterocycles. The van der Waals surface area contributed by atoms with Crippen molar-refractivity contribution in [2.75, 3.05) is 6.61 Å². The molecule has 1 saturated carbocycles. The van der Waals surface area contributed by atoms with Crippen LogP contribution >= 0.6 is 0 Å². The smallest absolute Gasteiger partial charge is 0.310 e. The van der Waals surface area contributed by atoms with Gasteiger partial charge in [0.1, 0.15) is 0 Å². The molecule has 2 aliphatic rings. The van der Waals surface area contributed by atoms with Gasteiger partial charge in [-0.2, -0.15) is 0 Å². The zero-order valence-corrected chi connectivity index (χ0v) is 7.14. The molecule has 2 heteroatoms. The van der Waals surface area contributed by atoms with E-state index in [4.69, 9.17) is 4.74 Å². The molecule has 2 nitrogen and oxygen atoms in total. The fraction of sp³-hybridized carbons (Fsp3) is 0.364. The Labute approximate surface area is 76.5 Å². The third-order valence-corrected chi connectivity index (χ3v) is 3.04. The van der Waals surface area contributed by atoms with Gasteiger partial charge in [0.05, 0.1) is 12.5 Å². The molecule has 1 aromatic carbocycles. The Balaban J connectivity index is 1.88. The minimum absolute atomic E-state index is 0.00106. The molecule has 2 fully saturated rings. The van der Waals surface area contributed by atoms with Crippen LogP contribution in [0.3, 0.4) is 0 Å². The second-order valence-electron chi connectivity index (χ2n) is 3.76. The summed E-state index contributed by atoms with van der Waals surface area (Å²) in [5.41, 5.74) is 1.29. The first-order valence-corrected chi connectivity index (χ1v) is 4.59.